The molecule has 1 aromatic rings. The van der Waals surface area contributed by atoms with Crippen LogP contribution in [0.1, 0.15) is 18.0 Å². The Morgan fingerprint density at radius 3 is 3.00 bits per heavy atom. The second-order valence-electron chi connectivity index (χ2n) is 3.37. The topological polar surface area (TPSA) is 70.5 Å². The lowest BCUT2D eigenvalue weighted by atomic mass is 9.99. The molecule has 0 saturated carbocycles. The van der Waals surface area contributed by atoms with Crippen LogP contribution in [0.15, 0.2) is 12.1 Å². The van der Waals surface area contributed by atoms with E-state index < -0.39 is 0 Å². The van der Waals surface area contributed by atoms with E-state index >= 15 is 0 Å². The fraction of sp³-hybridized carbons (Fsp3) is 0.400. The number of anilines is 1. The van der Waals surface area contributed by atoms with Gasteiger partial charge in [0, 0.05) is 35.8 Å². The SMILES string of the molecule is COc1cc(N)c2c(c1)OCCC2N. The van der Waals surface area contributed by atoms with Crippen molar-refractivity contribution >= 4 is 5.69 Å². The summed E-state index contributed by atoms with van der Waals surface area (Å²) in [6.07, 6.45) is 0.809. The lowest BCUT2D eigenvalue weighted by Gasteiger charge is -2.24. The highest BCUT2D eigenvalue weighted by atomic mass is 16.5. The zero-order valence-electron chi connectivity index (χ0n) is 8.12. The zero-order chi connectivity index (χ0) is 10.1. The van der Waals surface area contributed by atoms with E-state index in [1.807, 2.05) is 6.07 Å². The fourth-order valence-electron chi connectivity index (χ4n) is 1.70. The predicted molar refractivity (Wildman–Crippen MR) is 54.4 cm³/mol. The van der Waals surface area contributed by atoms with E-state index in [1.165, 1.54) is 0 Å². The summed E-state index contributed by atoms with van der Waals surface area (Å²) in [5.74, 6) is 1.45. The Hall–Kier alpha value is -1.42. The largest absolute Gasteiger partial charge is 0.497 e. The summed E-state index contributed by atoms with van der Waals surface area (Å²) >= 11 is 0. The minimum atomic E-state index is -0.0235. The maximum atomic E-state index is 5.94. The highest BCUT2D eigenvalue weighted by molar-refractivity contribution is 5.60. The number of rotatable bonds is 1. The van der Waals surface area contributed by atoms with E-state index in [0.29, 0.717) is 18.0 Å². The predicted octanol–water partition coefficient (Wildman–Crippen LogP) is 1.06. The van der Waals surface area contributed by atoms with Crippen molar-refractivity contribution in [3.05, 3.63) is 17.7 Å². The second kappa shape index (κ2) is 3.38. The molecule has 76 valence electrons. The first-order valence-corrected chi connectivity index (χ1v) is 4.58. The number of methoxy groups -OCH3 is 1. The number of fused-ring (bicyclic) bond motifs is 1. The van der Waals surface area contributed by atoms with Crippen LogP contribution in [0.5, 0.6) is 11.5 Å². The molecule has 0 spiro atoms. The third-order valence-corrected chi connectivity index (χ3v) is 2.44. The van der Waals surface area contributed by atoms with Crippen LogP contribution < -0.4 is 20.9 Å². The summed E-state index contributed by atoms with van der Waals surface area (Å²) in [7, 11) is 1.60. The summed E-state index contributed by atoms with van der Waals surface area (Å²) in [4.78, 5) is 0. The van der Waals surface area contributed by atoms with Crippen molar-refractivity contribution < 1.29 is 9.47 Å². The van der Waals surface area contributed by atoms with Crippen molar-refractivity contribution in [2.75, 3.05) is 19.5 Å². The summed E-state index contributed by atoms with van der Waals surface area (Å²) in [6, 6.07) is 3.57. The molecule has 1 aliphatic heterocycles. The summed E-state index contributed by atoms with van der Waals surface area (Å²) < 4.78 is 10.6. The number of nitrogen functional groups attached to an aromatic ring is 1. The molecule has 0 aliphatic carbocycles. The van der Waals surface area contributed by atoms with E-state index in [0.717, 1.165) is 17.7 Å². The van der Waals surface area contributed by atoms with Gasteiger partial charge in [-0.3, -0.25) is 0 Å². The van der Waals surface area contributed by atoms with E-state index in [4.69, 9.17) is 20.9 Å². The lowest BCUT2D eigenvalue weighted by molar-refractivity contribution is 0.268. The van der Waals surface area contributed by atoms with Gasteiger partial charge in [-0.25, -0.2) is 0 Å². The van der Waals surface area contributed by atoms with Crippen LogP contribution in [-0.4, -0.2) is 13.7 Å². The molecule has 1 aromatic carbocycles. The molecule has 4 nitrogen and oxygen atoms in total. The van der Waals surface area contributed by atoms with Gasteiger partial charge in [-0.05, 0) is 0 Å². The van der Waals surface area contributed by atoms with Gasteiger partial charge >= 0.3 is 0 Å². The van der Waals surface area contributed by atoms with Gasteiger partial charge < -0.3 is 20.9 Å². The van der Waals surface area contributed by atoms with Crippen molar-refractivity contribution in [2.24, 2.45) is 5.73 Å². The van der Waals surface area contributed by atoms with Crippen LogP contribution in [0.3, 0.4) is 0 Å². The summed E-state index contributed by atoms with van der Waals surface area (Å²) in [5, 5.41) is 0. The lowest BCUT2D eigenvalue weighted by Crippen LogP contribution is -2.21. The summed E-state index contributed by atoms with van der Waals surface area (Å²) in [6.45, 7) is 0.640. The third-order valence-electron chi connectivity index (χ3n) is 2.44. The molecule has 0 aromatic heterocycles. The van der Waals surface area contributed by atoms with Crippen molar-refractivity contribution in [1.29, 1.82) is 0 Å². The standard InChI is InChI=1S/C10H14N2O2/c1-13-6-4-8(12)10-7(11)2-3-14-9(10)5-6/h4-5,7H,2-3,11-12H2,1H3. The Bertz CT molecular complexity index is 352. The normalized spacial score (nSPS) is 19.7. The van der Waals surface area contributed by atoms with E-state index in [-0.39, 0.29) is 6.04 Å². The number of hydrogen-bond acceptors (Lipinski definition) is 4. The van der Waals surface area contributed by atoms with Crippen molar-refractivity contribution in [3.63, 3.8) is 0 Å². The maximum Gasteiger partial charge on any atom is 0.129 e. The molecular formula is C10H14N2O2. The molecule has 4 heteroatoms. The van der Waals surface area contributed by atoms with Gasteiger partial charge in [0.25, 0.3) is 0 Å². The Balaban J connectivity index is 2.51. The number of benzene rings is 1. The number of hydrogen-bond donors (Lipinski definition) is 2. The fourth-order valence-corrected chi connectivity index (χ4v) is 1.70. The van der Waals surface area contributed by atoms with Gasteiger partial charge in [-0.2, -0.15) is 0 Å². The van der Waals surface area contributed by atoms with Gasteiger partial charge in [-0.15, -0.1) is 0 Å². The van der Waals surface area contributed by atoms with Crippen LogP contribution in [0.4, 0.5) is 5.69 Å². The number of ether oxygens (including phenoxy) is 2. The highest BCUT2D eigenvalue weighted by Gasteiger charge is 2.21. The van der Waals surface area contributed by atoms with Gasteiger partial charge in [0.15, 0.2) is 0 Å². The minimum Gasteiger partial charge on any atom is -0.497 e. The second-order valence-corrected chi connectivity index (χ2v) is 3.37. The van der Waals surface area contributed by atoms with E-state index in [9.17, 15) is 0 Å². The highest BCUT2D eigenvalue weighted by Crippen LogP contribution is 2.38. The first kappa shape index (κ1) is 9.15. The molecule has 14 heavy (non-hydrogen) atoms. The van der Waals surface area contributed by atoms with Crippen LogP contribution in [-0.2, 0) is 0 Å². The first-order chi connectivity index (χ1) is 6.72. The van der Waals surface area contributed by atoms with Crippen LogP contribution in [0.25, 0.3) is 0 Å². The molecule has 0 fully saturated rings. The molecule has 2 rings (SSSR count). The maximum absolute atomic E-state index is 5.94. The smallest absolute Gasteiger partial charge is 0.129 e. The molecule has 0 amide bonds. The van der Waals surface area contributed by atoms with Gasteiger partial charge in [0.1, 0.15) is 11.5 Å². The number of nitrogens with two attached hydrogens (primary N) is 2. The molecule has 4 N–H and O–H groups in total. The Labute approximate surface area is 82.8 Å². The van der Waals surface area contributed by atoms with Crippen LogP contribution in [0, 0.1) is 0 Å². The Morgan fingerprint density at radius 2 is 2.29 bits per heavy atom. The molecule has 1 heterocycles. The Morgan fingerprint density at radius 1 is 1.50 bits per heavy atom. The molecule has 0 bridgehead atoms. The zero-order valence-corrected chi connectivity index (χ0v) is 8.12. The van der Waals surface area contributed by atoms with E-state index in [2.05, 4.69) is 0 Å². The van der Waals surface area contributed by atoms with Gasteiger partial charge in [0.05, 0.1) is 13.7 Å². The molecule has 1 aliphatic rings. The first-order valence-electron chi connectivity index (χ1n) is 4.58. The van der Waals surface area contributed by atoms with E-state index in [1.54, 1.807) is 13.2 Å². The molecule has 0 saturated heterocycles. The Kier molecular flexibility index (Phi) is 2.21. The average molecular weight is 194 g/mol. The van der Waals surface area contributed by atoms with Crippen LogP contribution >= 0.6 is 0 Å². The summed E-state index contributed by atoms with van der Waals surface area (Å²) in [5.41, 5.74) is 13.4. The molecule has 1 atom stereocenters. The quantitative estimate of drug-likeness (QED) is 0.656. The third kappa shape index (κ3) is 1.37. The van der Waals surface area contributed by atoms with Crippen molar-refractivity contribution in [3.8, 4) is 11.5 Å². The molecule has 0 radical (unpaired) electrons. The van der Waals surface area contributed by atoms with Crippen molar-refractivity contribution in [2.45, 2.75) is 12.5 Å². The monoisotopic (exact) mass is 194 g/mol. The minimum absolute atomic E-state index is 0.0235. The molecular weight excluding hydrogens is 180 g/mol. The molecule has 1 unspecified atom stereocenters. The van der Waals surface area contributed by atoms with Crippen LogP contribution in [0.2, 0.25) is 0 Å². The van der Waals surface area contributed by atoms with Crippen molar-refractivity contribution in [1.82, 2.24) is 0 Å². The van der Waals surface area contributed by atoms with Gasteiger partial charge in [-0.1, -0.05) is 0 Å². The van der Waals surface area contributed by atoms with Gasteiger partial charge in [0.2, 0.25) is 0 Å². The average Bonchev–Trinajstić information content (AvgIpc) is 2.17.